The van der Waals surface area contributed by atoms with Gasteiger partial charge < -0.3 is 10.2 Å². The second-order valence-electron chi connectivity index (χ2n) is 5.40. The number of nitrogens with zero attached hydrogens (tertiary/aromatic N) is 2. The standard InChI is InChI=1S/C16H18ClN3OS/c1-18-11-5-4-8-20(9-11)16(21)14-10-22-15(19-14)12-6-2-3-7-13(12)17/h2-3,6-7,10-11,18H,4-5,8-9H2,1H3. The van der Waals surface area contributed by atoms with Gasteiger partial charge in [-0.1, -0.05) is 29.8 Å². The molecule has 0 saturated carbocycles. The van der Waals surface area contributed by atoms with Crippen LogP contribution in [0.2, 0.25) is 5.02 Å². The summed E-state index contributed by atoms with van der Waals surface area (Å²) in [5.41, 5.74) is 1.39. The summed E-state index contributed by atoms with van der Waals surface area (Å²) >= 11 is 7.65. The van der Waals surface area contributed by atoms with Gasteiger partial charge in [-0.2, -0.15) is 0 Å². The van der Waals surface area contributed by atoms with E-state index in [1.807, 2.05) is 41.6 Å². The SMILES string of the molecule is CNC1CCCN(C(=O)c2csc(-c3ccccc3Cl)n2)C1. The molecule has 4 nitrogen and oxygen atoms in total. The fourth-order valence-electron chi connectivity index (χ4n) is 2.69. The first-order chi connectivity index (χ1) is 10.7. The highest BCUT2D eigenvalue weighted by Crippen LogP contribution is 2.30. The molecule has 116 valence electrons. The van der Waals surface area contributed by atoms with Crippen molar-refractivity contribution in [2.45, 2.75) is 18.9 Å². The number of likely N-dealkylation sites (tertiary alicyclic amines) is 1. The van der Waals surface area contributed by atoms with Crippen molar-refractivity contribution in [3.8, 4) is 10.6 Å². The Balaban J connectivity index is 1.79. The molecule has 0 spiro atoms. The van der Waals surface area contributed by atoms with E-state index in [1.54, 1.807) is 0 Å². The van der Waals surface area contributed by atoms with Gasteiger partial charge in [0.25, 0.3) is 5.91 Å². The maximum absolute atomic E-state index is 12.6. The number of halogens is 1. The van der Waals surface area contributed by atoms with E-state index in [0.717, 1.165) is 36.5 Å². The molecule has 1 N–H and O–H groups in total. The Morgan fingerprint density at radius 1 is 1.45 bits per heavy atom. The molecular formula is C16H18ClN3OS. The van der Waals surface area contributed by atoms with E-state index in [0.29, 0.717) is 16.8 Å². The van der Waals surface area contributed by atoms with Gasteiger partial charge in [-0.05, 0) is 26.0 Å². The van der Waals surface area contributed by atoms with Gasteiger partial charge in [-0.25, -0.2) is 4.98 Å². The number of carbonyl (C=O) groups is 1. The average molecular weight is 336 g/mol. The zero-order valence-electron chi connectivity index (χ0n) is 12.4. The molecule has 0 bridgehead atoms. The van der Waals surface area contributed by atoms with E-state index in [4.69, 9.17) is 11.6 Å². The van der Waals surface area contributed by atoms with Crippen molar-refractivity contribution in [3.63, 3.8) is 0 Å². The van der Waals surface area contributed by atoms with E-state index in [2.05, 4.69) is 10.3 Å². The molecule has 1 unspecified atom stereocenters. The van der Waals surface area contributed by atoms with Crippen molar-refractivity contribution in [3.05, 3.63) is 40.4 Å². The number of likely N-dealkylation sites (N-methyl/N-ethyl adjacent to an activating group) is 1. The van der Waals surface area contributed by atoms with Gasteiger partial charge in [0.2, 0.25) is 0 Å². The van der Waals surface area contributed by atoms with Crippen LogP contribution in [0.3, 0.4) is 0 Å². The topological polar surface area (TPSA) is 45.2 Å². The van der Waals surface area contributed by atoms with Crippen LogP contribution in [0.5, 0.6) is 0 Å². The number of nitrogens with one attached hydrogen (secondary N) is 1. The van der Waals surface area contributed by atoms with Crippen molar-refractivity contribution in [1.29, 1.82) is 0 Å². The van der Waals surface area contributed by atoms with Gasteiger partial charge >= 0.3 is 0 Å². The third-order valence-electron chi connectivity index (χ3n) is 3.94. The fourth-order valence-corrected chi connectivity index (χ4v) is 3.80. The minimum atomic E-state index is 0.00880. The van der Waals surface area contributed by atoms with Crippen molar-refractivity contribution in [1.82, 2.24) is 15.2 Å². The predicted octanol–water partition coefficient (Wildman–Crippen LogP) is 3.29. The van der Waals surface area contributed by atoms with Crippen LogP contribution in [-0.4, -0.2) is 42.0 Å². The van der Waals surface area contributed by atoms with Gasteiger partial charge in [0.1, 0.15) is 10.7 Å². The Morgan fingerprint density at radius 3 is 3.05 bits per heavy atom. The molecule has 0 aliphatic carbocycles. The van der Waals surface area contributed by atoms with Crippen LogP contribution in [0.15, 0.2) is 29.6 Å². The number of amides is 1. The maximum Gasteiger partial charge on any atom is 0.273 e. The Kier molecular flexibility index (Phi) is 4.76. The number of piperidine rings is 1. The lowest BCUT2D eigenvalue weighted by Gasteiger charge is -2.32. The van der Waals surface area contributed by atoms with E-state index in [-0.39, 0.29) is 5.91 Å². The van der Waals surface area contributed by atoms with Gasteiger partial charge in [-0.3, -0.25) is 4.79 Å². The first-order valence-electron chi connectivity index (χ1n) is 7.36. The molecule has 1 fully saturated rings. The highest BCUT2D eigenvalue weighted by molar-refractivity contribution is 7.13. The van der Waals surface area contributed by atoms with Crippen molar-refractivity contribution in [2.24, 2.45) is 0 Å². The van der Waals surface area contributed by atoms with Gasteiger partial charge in [0, 0.05) is 30.1 Å². The fraction of sp³-hybridized carbons (Fsp3) is 0.375. The number of rotatable bonds is 3. The molecule has 1 atom stereocenters. The summed E-state index contributed by atoms with van der Waals surface area (Å²) in [7, 11) is 1.94. The first-order valence-corrected chi connectivity index (χ1v) is 8.62. The second-order valence-corrected chi connectivity index (χ2v) is 6.66. The van der Waals surface area contributed by atoms with Crippen LogP contribution in [0, 0.1) is 0 Å². The lowest BCUT2D eigenvalue weighted by molar-refractivity contribution is 0.0693. The van der Waals surface area contributed by atoms with E-state index in [9.17, 15) is 4.79 Å². The van der Waals surface area contributed by atoms with Crippen molar-refractivity contribution >= 4 is 28.8 Å². The minimum absolute atomic E-state index is 0.00880. The number of benzene rings is 1. The number of aromatic nitrogens is 1. The van der Waals surface area contributed by atoms with Crippen LogP contribution >= 0.6 is 22.9 Å². The van der Waals surface area contributed by atoms with Crippen LogP contribution in [-0.2, 0) is 0 Å². The highest BCUT2D eigenvalue weighted by Gasteiger charge is 2.25. The molecule has 1 aromatic heterocycles. The lowest BCUT2D eigenvalue weighted by atomic mass is 10.1. The van der Waals surface area contributed by atoms with Gasteiger partial charge in [0.15, 0.2) is 0 Å². The molecule has 22 heavy (non-hydrogen) atoms. The molecule has 1 aromatic carbocycles. The molecule has 1 saturated heterocycles. The number of hydrogen-bond acceptors (Lipinski definition) is 4. The van der Waals surface area contributed by atoms with Gasteiger partial charge in [-0.15, -0.1) is 11.3 Å². The molecule has 6 heteroatoms. The van der Waals surface area contributed by atoms with Crippen LogP contribution < -0.4 is 5.32 Å². The van der Waals surface area contributed by atoms with Crippen molar-refractivity contribution < 1.29 is 4.79 Å². The third kappa shape index (κ3) is 3.16. The van der Waals surface area contributed by atoms with Crippen LogP contribution in [0.1, 0.15) is 23.3 Å². The first kappa shape index (κ1) is 15.5. The van der Waals surface area contributed by atoms with E-state index < -0.39 is 0 Å². The Bertz CT molecular complexity index is 673. The second kappa shape index (κ2) is 6.77. The summed E-state index contributed by atoms with van der Waals surface area (Å²) in [6, 6.07) is 7.94. The zero-order chi connectivity index (χ0) is 15.5. The van der Waals surface area contributed by atoms with Crippen LogP contribution in [0.4, 0.5) is 0 Å². The Hall–Kier alpha value is -1.43. The molecule has 0 radical (unpaired) electrons. The normalized spacial score (nSPS) is 18.5. The number of carbonyl (C=O) groups excluding carboxylic acids is 1. The highest BCUT2D eigenvalue weighted by atomic mass is 35.5. The van der Waals surface area contributed by atoms with E-state index in [1.165, 1.54) is 11.3 Å². The van der Waals surface area contributed by atoms with Gasteiger partial charge in [0.05, 0.1) is 5.02 Å². The van der Waals surface area contributed by atoms with E-state index >= 15 is 0 Å². The monoisotopic (exact) mass is 335 g/mol. The summed E-state index contributed by atoms with van der Waals surface area (Å²) in [6.45, 7) is 1.55. The summed E-state index contributed by atoms with van der Waals surface area (Å²) in [6.07, 6.45) is 2.14. The summed E-state index contributed by atoms with van der Waals surface area (Å²) < 4.78 is 0. The minimum Gasteiger partial charge on any atom is -0.336 e. The molecule has 1 aliphatic rings. The molecule has 1 amide bonds. The molecular weight excluding hydrogens is 318 g/mol. The summed E-state index contributed by atoms with van der Waals surface area (Å²) in [5, 5.41) is 6.52. The predicted molar refractivity (Wildman–Crippen MR) is 90.5 cm³/mol. The van der Waals surface area contributed by atoms with Crippen molar-refractivity contribution in [2.75, 3.05) is 20.1 Å². The lowest BCUT2D eigenvalue weighted by Crippen LogP contribution is -2.47. The third-order valence-corrected chi connectivity index (χ3v) is 5.15. The maximum atomic E-state index is 12.6. The largest absolute Gasteiger partial charge is 0.336 e. The zero-order valence-corrected chi connectivity index (χ0v) is 14.0. The quantitative estimate of drug-likeness (QED) is 0.936. The molecule has 1 aliphatic heterocycles. The molecule has 2 aromatic rings. The Morgan fingerprint density at radius 2 is 2.27 bits per heavy atom. The van der Waals surface area contributed by atoms with Crippen LogP contribution in [0.25, 0.3) is 10.6 Å². The summed E-state index contributed by atoms with van der Waals surface area (Å²) in [5.74, 6) is 0.00880. The molecule has 3 rings (SSSR count). The molecule has 2 heterocycles. The number of thiazole rings is 1. The summed E-state index contributed by atoms with van der Waals surface area (Å²) in [4.78, 5) is 19.0. The number of hydrogen-bond donors (Lipinski definition) is 1. The average Bonchev–Trinajstić information content (AvgIpc) is 3.04. The smallest absolute Gasteiger partial charge is 0.273 e. The Labute approximate surface area is 139 Å².